The average molecular weight is 334 g/mol. The largest absolute Gasteiger partial charge is 0.364 e. The van der Waals surface area contributed by atoms with Crippen LogP contribution in [0, 0.1) is 5.92 Å². The lowest BCUT2D eigenvalue weighted by atomic mass is 9.90. The van der Waals surface area contributed by atoms with Crippen molar-refractivity contribution in [2.45, 2.75) is 63.3 Å². The zero-order valence-corrected chi connectivity index (χ0v) is 14.4. The molecule has 3 atom stereocenters. The van der Waals surface area contributed by atoms with E-state index in [0.29, 0.717) is 12.5 Å². The van der Waals surface area contributed by atoms with Crippen LogP contribution in [0.5, 0.6) is 0 Å². The molecule has 3 aliphatic rings. The third kappa shape index (κ3) is 3.47. The van der Waals surface area contributed by atoms with E-state index in [1.807, 2.05) is 11.4 Å². The predicted molar refractivity (Wildman–Crippen MR) is 91.4 cm³/mol. The monoisotopic (exact) mass is 334 g/mol. The normalized spacial score (nSPS) is 32.1. The molecule has 2 saturated heterocycles. The van der Waals surface area contributed by atoms with Crippen LogP contribution in [-0.4, -0.2) is 42.1 Å². The zero-order chi connectivity index (χ0) is 15.6. The maximum absolute atomic E-state index is 12.4. The smallest absolute Gasteiger partial charge is 0.249 e. The third-order valence-corrected chi connectivity index (χ3v) is 6.61. The van der Waals surface area contributed by atoms with E-state index < -0.39 is 0 Å². The van der Waals surface area contributed by atoms with Crippen molar-refractivity contribution in [1.29, 1.82) is 0 Å². The molecule has 1 aromatic heterocycles. The van der Waals surface area contributed by atoms with Gasteiger partial charge in [-0.05, 0) is 49.6 Å². The number of thiophene rings is 1. The molecule has 0 spiro atoms. The Morgan fingerprint density at radius 2 is 2.22 bits per heavy atom. The lowest BCUT2D eigenvalue weighted by molar-refractivity contribution is -0.133. The van der Waals surface area contributed by atoms with Gasteiger partial charge in [0.25, 0.3) is 0 Å². The van der Waals surface area contributed by atoms with E-state index in [4.69, 9.17) is 4.74 Å². The van der Waals surface area contributed by atoms with Gasteiger partial charge in [0.2, 0.25) is 5.91 Å². The zero-order valence-electron chi connectivity index (χ0n) is 13.6. The van der Waals surface area contributed by atoms with Crippen LogP contribution in [0.4, 0.5) is 0 Å². The third-order valence-electron chi connectivity index (χ3n) is 5.73. The number of likely N-dealkylation sites (tertiary alicyclic amines) is 1. The Morgan fingerprint density at radius 3 is 3.00 bits per heavy atom. The maximum atomic E-state index is 12.4. The Morgan fingerprint density at radius 1 is 1.35 bits per heavy atom. The fourth-order valence-electron chi connectivity index (χ4n) is 4.43. The highest BCUT2D eigenvalue weighted by Crippen LogP contribution is 2.36. The molecule has 1 aromatic rings. The van der Waals surface area contributed by atoms with Crippen molar-refractivity contribution in [2.75, 3.05) is 13.1 Å². The molecule has 1 N–H and O–H groups in total. The second kappa shape index (κ2) is 6.91. The number of fused-ring (bicyclic) bond motifs is 1. The lowest BCUT2D eigenvalue weighted by Gasteiger charge is -2.37. The molecule has 5 heteroatoms. The summed E-state index contributed by atoms with van der Waals surface area (Å²) in [4.78, 5) is 16.2. The number of amides is 1. The van der Waals surface area contributed by atoms with Gasteiger partial charge >= 0.3 is 0 Å². The molecular formula is C18H26N2O2S. The van der Waals surface area contributed by atoms with Crippen molar-refractivity contribution >= 4 is 17.2 Å². The second-order valence-corrected chi connectivity index (χ2v) is 8.21. The minimum Gasteiger partial charge on any atom is -0.364 e. The molecule has 0 aromatic carbocycles. The van der Waals surface area contributed by atoms with E-state index in [-0.39, 0.29) is 18.1 Å². The second-order valence-electron chi connectivity index (χ2n) is 7.18. The minimum atomic E-state index is -0.242. The number of nitrogens with zero attached hydrogens (tertiary/aromatic N) is 1. The first-order chi connectivity index (χ1) is 11.3. The maximum Gasteiger partial charge on any atom is 0.249 e. The van der Waals surface area contributed by atoms with Crippen LogP contribution in [0.15, 0.2) is 17.5 Å². The van der Waals surface area contributed by atoms with Gasteiger partial charge < -0.3 is 10.1 Å². The molecule has 1 amide bonds. The summed E-state index contributed by atoms with van der Waals surface area (Å²) in [6.07, 6.45) is 7.57. The Balaban J connectivity index is 1.29. The van der Waals surface area contributed by atoms with Gasteiger partial charge in [0, 0.05) is 17.5 Å². The van der Waals surface area contributed by atoms with Crippen molar-refractivity contribution in [2.24, 2.45) is 5.92 Å². The molecule has 0 bridgehead atoms. The lowest BCUT2D eigenvalue weighted by Crippen LogP contribution is -2.46. The van der Waals surface area contributed by atoms with E-state index in [0.717, 1.165) is 19.0 Å². The molecule has 3 fully saturated rings. The van der Waals surface area contributed by atoms with E-state index >= 15 is 0 Å². The van der Waals surface area contributed by atoms with Gasteiger partial charge in [-0.3, -0.25) is 9.69 Å². The SMILES string of the molecule is O=C(NCc1cccs1)[C@H]1C[C@@H]2CCN(C3CCCC3)C[C@H]2O1. The van der Waals surface area contributed by atoms with Crippen molar-refractivity contribution in [3.05, 3.63) is 22.4 Å². The summed E-state index contributed by atoms with van der Waals surface area (Å²) in [6.45, 7) is 2.85. The summed E-state index contributed by atoms with van der Waals surface area (Å²) in [7, 11) is 0. The molecule has 0 unspecified atom stereocenters. The molecule has 0 radical (unpaired) electrons. The average Bonchev–Trinajstić information content (AvgIpc) is 3.32. The highest BCUT2D eigenvalue weighted by Gasteiger charge is 2.43. The molecule has 23 heavy (non-hydrogen) atoms. The molecule has 3 heterocycles. The predicted octanol–water partition coefficient (Wildman–Crippen LogP) is 2.79. The Bertz CT molecular complexity index is 527. The summed E-state index contributed by atoms with van der Waals surface area (Å²) in [5, 5.41) is 5.08. The van der Waals surface area contributed by atoms with Gasteiger partial charge in [-0.2, -0.15) is 0 Å². The van der Waals surface area contributed by atoms with Crippen molar-refractivity contribution in [1.82, 2.24) is 10.2 Å². The van der Waals surface area contributed by atoms with E-state index in [1.165, 1.54) is 43.5 Å². The fraction of sp³-hybridized carbons (Fsp3) is 0.722. The van der Waals surface area contributed by atoms with E-state index in [1.54, 1.807) is 11.3 Å². The van der Waals surface area contributed by atoms with E-state index in [9.17, 15) is 4.79 Å². The summed E-state index contributed by atoms with van der Waals surface area (Å²) in [5.41, 5.74) is 0. The van der Waals surface area contributed by atoms with Crippen LogP contribution in [0.2, 0.25) is 0 Å². The molecule has 4 nitrogen and oxygen atoms in total. The highest BCUT2D eigenvalue weighted by molar-refractivity contribution is 7.09. The number of rotatable bonds is 4. The van der Waals surface area contributed by atoms with E-state index in [2.05, 4.69) is 16.3 Å². The van der Waals surface area contributed by atoms with Crippen LogP contribution in [-0.2, 0) is 16.1 Å². The molecule has 126 valence electrons. The van der Waals surface area contributed by atoms with Crippen molar-refractivity contribution < 1.29 is 9.53 Å². The standard InChI is InChI=1S/C18H26N2O2S/c21-18(19-11-15-6-3-9-23-15)16-10-13-7-8-20(12-17(13)22-16)14-4-1-2-5-14/h3,6,9,13-14,16-17H,1-2,4-5,7-8,10-12H2,(H,19,21)/t13-,16+,17+/m0/s1. The van der Waals surface area contributed by atoms with Gasteiger partial charge in [-0.15, -0.1) is 11.3 Å². The number of piperidine rings is 1. The first-order valence-corrected chi connectivity index (χ1v) is 9.87. The van der Waals surface area contributed by atoms with Crippen molar-refractivity contribution in [3.63, 3.8) is 0 Å². The summed E-state index contributed by atoms with van der Waals surface area (Å²) in [5.74, 6) is 0.644. The number of nitrogens with one attached hydrogen (secondary N) is 1. The fourth-order valence-corrected chi connectivity index (χ4v) is 5.07. The first kappa shape index (κ1) is 15.6. The Hall–Kier alpha value is -0.910. The van der Waals surface area contributed by atoms with Crippen LogP contribution < -0.4 is 5.32 Å². The molecular weight excluding hydrogens is 308 g/mol. The molecule has 4 rings (SSSR count). The number of hydrogen-bond donors (Lipinski definition) is 1. The van der Waals surface area contributed by atoms with Crippen LogP contribution in [0.25, 0.3) is 0 Å². The molecule has 1 saturated carbocycles. The summed E-state index contributed by atoms with van der Waals surface area (Å²) < 4.78 is 6.14. The Kier molecular flexibility index (Phi) is 4.69. The molecule has 2 aliphatic heterocycles. The van der Waals surface area contributed by atoms with Crippen LogP contribution in [0.1, 0.15) is 43.4 Å². The topological polar surface area (TPSA) is 41.6 Å². The van der Waals surface area contributed by atoms with Gasteiger partial charge in [0.05, 0.1) is 12.6 Å². The highest BCUT2D eigenvalue weighted by atomic mass is 32.1. The number of carbonyl (C=O) groups excluding carboxylic acids is 1. The van der Waals surface area contributed by atoms with Crippen molar-refractivity contribution in [3.8, 4) is 0 Å². The molecule has 1 aliphatic carbocycles. The minimum absolute atomic E-state index is 0.0696. The number of carbonyl (C=O) groups is 1. The van der Waals surface area contributed by atoms with Gasteiger partial charge in [0.15, 0.2) is 0 Å². The quantitative estimate of drug-likeness (QED) is 0.920. The Labute approximate surface area is 142 Å². The summed E-state index contributed by atoms with van der Waals surface area (Å²) in [6, 6.07) is 4.84. The van der Waals surface area contributed by atoms with Crippen LogP contribution in [0.3, 0.4) is 0 Å². The van der Waals surface area contributed by atoms with Gasteiger partial charge in [-0.25, -0.2) is 0 Å². The van der Waals surface area contributed by atoms with Gasteiger partial charge in [0.1, 0.15) is 6.10 Å². The first-order valence-electron chi connectivity index (χ1n) is 8.99. The van der Waals surface area contributed by atoms with Gasteiger partial charge in [-0.1, -0.05) is 18.9 Å². The number of hydrogen-bond acceptors (Lipinski definition) is 4. The summed E-state index contributed by atoms with van der Waals surface area (Å²) >= 11 is 1.68. The number of ether oxygens (including phenoxy) is 1. The van der Waals surface area contributed by atoms with Crippen LogP contribution >= 0.6 is 11.3 Å².